The van der Waals surface area contributed by atoms with E-state index in [-0.39, 0.29) is 5.91 Å². The van der Waals surface area contributed by atoms with Crippen molar-refractivity contribution in [2.45, 2.75) is 33.1 Å². The minimum atomic E-state index is -0.417. The average molecular weight is 505 g/mol. The number of methoxy groups -OCH3 is 1. The van der Waals surface area contributed by atoms with Gasteiger partial charge >= 0.3 is 5.97 Å². The summed E-state index contributed by atoms with van der Waals surface area (Å²) in [6.45, 7) is 4.11. The molecule has 0 unspecified atom stereocenters. The van der Waals surface area contributed by atoms with Crippen LogP contribution in [0.2, 0.25) is 5.02 Å². The largest absolute Gasteiger partial charge is 0.465 e. The molecule has 5 rings (SSSR count). The number of nitrogens with zero attached hydrogens (tertiary/aromatic N) is 1. The Morgan fingerprint density at radius 3 is 2.69 bits per heavy atom. The first-order chi connectivity index (χ1) is 16.9. The number of benzene rings is 2. The molecular formula is C28H25ClN2O3S. The predicted octanol–water partition coefficient (Wildman–Crippen LogP) is 7.09. The van der Waals surface area contributed by atoms with Crippen LogP contribution in [-0.2, 0) is 17.6 Å². The summed E-state index contributed by atoms with van der Waals surface area (Å²) in [4.78, 5) is 32.4. The molecule has 0 bridgehead atoms. The van der Waals surface area contributed by atoms with E-state index in [0.717, 1.165) is 40.8 Å². The first-order valence-corrected chi connectivity index (χ1v) is 12.8. The van der Waals surface area contributed by atoms with Gasteiger partial charge in [-0.05, 0) is 55.4 Å². The van der Waals surface area contributed by atoms with Crippen LogP contribution in [0, 0.1) is 12.8 Å². The number of aromatic nitrogens is 1. The second-order valence-electron chi connectivity index (χ2n) is 8.99. The van der Waals surface area contributed by atoms with Crippen LogP contribution in [-0.4, -0.2) is 24.0 Å². The Bertz CT molecular complexity index is 1460. The summed E-state index contributed by atoms with van der Waals surface area (Å²) in [5.41, 5.74) is 5.03. The van der Waals surface area contributed by atoms with Crippen molar-refractivity contribution < 1.29 is 14.3 Å². The van der Waals surface area contributed by atoms with Crippen LogP contribution in [0.1, 0.15) is 50.1 Å². The van der Waals surface area contributed by atoms with Crippen molar-refractivity contribution in [3.05, 3.63) is 80.7 Å². The van der Waals surface area contributed by atoms with Crippen LogP contribution in [0.5, 0.6) is 0 Å². The molecule has 2 aromatic carbocycles. The number of fused-ring (bicyclic) bond motifs is 2. The Kier molecular flexibility index (Phi) is 6.34. The standard InChI is InChI=1S/C28H25ClN2O3S/c1-15-9-10-19-23(13-15)35-27(24(19)28(33)34-3)31-26(32)20-14-22(17-7-5-4-6-8-17)30-25-16(2)21(29)12-11-18(20)25/h4-8,11-12,14-15H,9-10,13H2,1-3H3,(H,31,32)/t15-/m1/s1. The van der Waals surface area contributed by atoms with Crippen LogP contribution >= 0.6 is 22.9 Å². The van der Waals surface area contributed by atoms with E-state index in [1.165, 1.54) is 18.4 Å². The highest BCUT2D eigenvalue weighted by Crippen LogP contribution is 2.40. The lowest BCUT2D eigenvalue weighted by molar-refractivity contribution is 0.0601. The molecule has 0 saturated carbocycles. The summed E-state index contributed by atoms with van der Waals surface area (Å²) < 4.78 is 5.08. The summed E-state index contributed by atoms with van der Waals surface area (Å²) in [6.07, 6.45) is 2.71. The van der Waals surface area contributed by atoms with E-state index in [4.69, 9.17) is 21.3 Å². The molecule has 1 aliphatic rings. The van der Waals surface area contributed by atoms with Gasteiger partial charge < -0.3 is 10.1 Å². The molecule has 35 heavy (non-hydrogen) atoms. The van der Waals surface area contributed by atoms with Gasteiger partial charge in [0.25, 0.3) is 5.91 Å². The summed E-state index contributed by atoms with van der Waals surface area (Å²) >= 11 is 7.87. The number of halogens is 1. The number of amides is 1. The second-order valence-corrected chi connectivity index (χ2v) is 10.5. The number of hydrogen-bond acceptors (Lipinski definition) is 5. The molecule has 4 aromatic rings. The van der Waals surface area contributed by atoms with Crippen molar-refractivity contribution >= 4 is 50.7 Å². The molecule has 7 heteroatoms. The number of aryl methyl sites for hydroxylation is 1. The third-order valence-corrected chi connectivity index (χ3v) is 8.19. The van der Waals surface area contributed by atoms with E-state index >= 15 is 0 Å². The fourth-order valence-electron chi connectivity index (χ4n) is 4.68. The van der Waals surface area contributed by atoms with Crippen molar-refractivity contribution in [2.75, 3.05) is 12.4 Å². The van der Waals surface area contributed by atoms with Gasteiger partial charge in [0.2, 0.25) is 0 Å². The molecule has 2 aromatic heterocycles. The van der Waals surface area contributed by atoms with E-state index in [2.05, 4.69) is 12.2 Å². The van der Waals surface area contributed by atoms with Gasteiger partial charge in [0.05, 0.1) is 29.4 Å². The number of hydrogen-bond donors (Lipinski definition) is 1. The summed E-state index contributed by atoms with van der Waals surface area (Å²) in [5.74, 6) is -0.173. The molecular weight excluding hydrogens is 480 g/mol. The highest BCUT2D eigenvalue weighted by molar-refractivity contribution is 7.17. The number of ether oxygens (including phenoxy) is 1. The van der Waals surface area contributed by atoms with Gasteiger partial charge in [-0.3, -0.25) is 4.79 Å². The molecule has 0 radical (unpaired) electrons. The molecule has 1 N–H and O–H groups in total. The number of carbonyl (C=O) groups is 2. The normalized spacial score (nSPS) is 15.0. The van der Waals surface area contributed by atoms with Crippen LogP contribution in [0.15, 0.2) is 48.5 Å². The maximum Gasteiger partial charge on any atom is 0.341 e. The van der Waals surface area contributed by atoms with Crippen molar-refractivity contribution in [1.29, 1.82) is 0 Å². The molecule has 2 heterocycles. The van der Waals surface area contributed by atoms with Crippen LogP contribution in [0.4, 0.5) is 5.00 Å². The number of thiophene rings is 1. The first-order valence-electron chi connectivity index (χ1n) is 11.6. The van der Waals surface area contributed by atoms with Gasteiger partial charge in [0.1, 0.15) is 5.00 Å². The number of esters is 1. The van der Waals surface area contributed by atoms with Gasteiger partial charge in [0, 0.05) is 20.8 Å². The summed E-state index contributed by atoms with van der Waals surface area (Å²) in [7, 11) is 1.37. The molecule has 0 aliphatic heterocycles. The number of pyridine rings is 1. The SMILES string of the molecule is COC(=O)c1c(NC(=O)c2cc(-c3ccccc3)nc3c(C)c(Cl)ccc23)sc2c1CC[C@@H](C)C2. The second kappa shape index (κ2) is 9.44. The number of nitrogens with one attached hydrogen (secondary N) is 1. The Morgan fingerprint density at radius 2 is 1.94 bits per heavy atom. The minimum Gasteiger partial charge on any atom is -0.465 e. The molecule has 178 valence electrons. The first kappa shape index (κ1) is 23.5. The average Bonchev–Trinajstić information content (AvgIpc) is 3.22. The van der Waals surface area contributed by atoms with Gasteiger partial charge in [-0.2, -0.15) is 0 Å². The van der Waals surface area contributed by atoms with Gasteiger partial charge in [0.15, 0.2) is 0 Å². The highest BCUT2D eigenvalue weighted by Gasteiger charge is 2.29. The number of carbonyl (C=O) groups excluding carboxylic acids is 2. The number of rotatable bonds is 4. The van der Waals surface area contributed by atoms with E-state index in [1.54, 1.807) is 12.1 Å². The fourth-order valence-corrected chi connectivity index (χ4v) is 6.22. The van der Waals surface area contributed by atoms with E-state index in [0.29, 0.717) is 43.7 Å². The van der Waals surface area contributed by atoms with E-state index in [1.807, 2.05) is 43.3 Å². The van der Waals surface area contributed by atoms with Crippen molar-refractivity contribution in [1.82, 2.24) is 4.98 Å². The molecule has 1 aliphatic carbocycles. The molecule has 1 amide bonds. The quantitative estimate of drug-likeness (QED) is 0.301. The molecule has 0 spiro atoms. The van der Waals surface area contributed by atoms with Gasteiger partial charge in [-0.25, -0.2) is 9.78 Å². The zero-order valence-corrected chi connectivity index (χ0v) is 21.3. The zero-order valence-electron chi connectivity index (χ0n) is 19.8. The lowest BCUT2D eigenvalue weighted by atomic mass is 9.88. The molecule has 5 nitrogen and oxygen atoms in total. The predicted molar refractivity (Wildman–Crippen MR) is 142 cm³/mol. The van der Waals surface area contributed by atoms with Crippen LogP contribution in [0.3, 0.4) is 0 Å². The van der Waals surface area contributed by atoms with Crippen LogP contribution in [0.25, 0.3) is 22.2 Å². The maximum atomic E-state index is 13.7. The summed E-state index contributed by atoms with van der Waals surface area (Å²) in [6, 6.07) is 15.1. The van der Waals surface area contributed by atoms with E-state index < -0.39 is 5.97 Å². The van der Waals surface area contributed by atoms with Crippen molar-refractivity contribution in [2.24, 2.45) is 5.92 Å². The monoisotopic (exact) mass is 504 g/mol. The third-order valence-electron chi connectivity index (χ3n) is 6.61. The van der Waals surface area contributed by atoms with E-state index in [9.17, 15) is 9.59 Å². The Balaban J connectivity index is 1.63. The Hall–Kier alpha value is -3.22. The van der Waals surface area contributed by atoms with Crippen LogP contribution < -0.4 is 5.32 Å². The zero-order chi connectivity index (χ0) is 24.7. The van der Waals surface area contributed by atoms with Gasteiger partial charge in [-0.15, -0.1) is 11.3 Å². The van der Waals surface area contributed by atoms with Gasteiger partial charge in [-0.1, -0.05) is 54.9 Å². The Morgan fingerprint density at radius 1 is 1.17 bits per heavy atom. The fraction of sp³-hybridized carbons (Fsp3) is 0.250. The minimum absolute atomic E-state index is 0.298. The summed E-state index contributed by atoms with van der Waals surface area (Å²) in [5, 5.41) is 4.88. The molecule has 1 atom stereocenters. The molecule has 0 fully saturated rings. The van der Waals surface area contributed by atoms with Crippen molar-refractivity contribution in [3.63, 3.8) is 0 Å². The Labute approximate surface area is 213 Å². The lowest BCUT2D eigenvalue weighted by Crippen LogP contribution is -2.16. The smallest absolute Gasteiger partial charge is 0.341 e. The lowest BCUT2D eigenvalue weighted by Gasteiger charge is -2.18. The maximum absolute atomic E-state index is 13.7. The third kappa shape index (κ3) is 4.32. The molecule has 0 saturated heterocycles. The highest BCUT2D eigenvalue weighted by atomic mass is 35.5. The van der Waals surface area contributed by atoms with Crippen molar-refractivity contribution in [3.8, 4) is 11.3 Å². The number of anilines is 1. The topological polar surface area (TPSA) is 68.3 Å².